The lowest BCUT2D eigenvalue weighted by Crippen LogP contribution is -2.37. The summed E-state index contributed by atoms with van der Waals surface area (Å²) in [6, 6.07) is 23.8. The van der Waals surface area contributed by atoms with E-state index in [1.807, 2.05) is 85.9 Å². The lowest BCUT2D eigenvalue weighted by Gasteiger charge is -2.37. The van der Waals surface area contributed by atoms with Crippen LogP contribution in [0.5, 0.6) is 0 Å². The summed E-state index contributed by atoms with van der Waals surface area (Å²) in [6.07, 6.45) is 1.65. The highest BCUT2D eigenvalue weighted by Gasteiger charge is 2.32. The molecule has 3 aromatic rings. The summed E-state index contributed by atoms with van der Waals surface area (Å²) < 4.78 is 12.9. The third-order valence-electron chi connectivity index (χ3n) is 7.07. The van der Waals surface area contributed by atoms with Gasteiger partial charge in [0.05, 0.1) is 25.2 Å². The molecule has 1 aliphatic rings. The lowest BCUT2D eigenvalue weighted by atomic mass is 9.99. The zero-order valence-electron chi connectivity index (χ0n) is 23.4. The zero-order chi connectivity index (χ0) is 29.2. The van der Waals surface area contributed by atoms with E-state index in [2.05, 4.69) is 16.8 Å². The van der Waals surface area contributed by atoms with E-state index in [0.717, 1.165) is 46.5 Å². The van der Waals surface area contributed by atoms with E-state index in [1.54, 1.807) is 0 Å². The molecule has 1 aliphatic heterocycles. The van der Waals surface area contributed by atoms with Gasteiger partial charge in [-0.3, -0.25) is 9.59 Å². The van der Waals surface area contributed by atoms with Gasteiger partial charge in [0.2, 0.25) is 5.91 Å². The average molecular weight is 559 g/mol. The summed E-state index contributed by atoms with van der Waals surface area (Å²) in [5.74, 6) is -1.27. The van der Waals surface area contributed by atoms with Crippen molar-refractivity contribution in [2.75, 3.05) is 20.1 Å². The van der Waals surface area contributed by atoms with E-state index < -0.39 is 12.3 Å². The Morgan fingerprint density at radius 3 is 2.39 bits per heavy atom. The molecule has 0 aliphatic carbocycles. The van der Waals surface area contributed by atoms with Crippen LogP contribution < -0.4 is 5.32 Å². The second kappa shape index (κ2) is 14.7. The first kappa shape index (κ1) is 30.1. The van der Waals surface area contributed by atoms with Gasteiger partial charge in [0, 0.05) is 38.0 Å². The molecule has 0 unspecified atom stereocenters. The molecule has 1 saturated heterocycles. The van der Waals surface area contributed by atoms with E-state index in [0.29, 0.717) is 13.0 Å². The minimum absolute atomic E-state index is 0.00317. The van der Waals surface area contributed by atoms with Crippen molar-refractivity contribution in [3.63, 3.8) is 0 Å². The predicted octanol–water partition coefficient (Wildman–Crippen LogP) is 4.99. The van der Waals surface area contributed by atoms with Gasteiger partial charge >= 0.3 is 5.97 Å². The molecular weight excluding hydrogens is 520 g/mol. The number of carboxylic acids is 1. The number of carbonyl (C=O) groups excluding carboxylic acids is 1. The fourth-order valence-corrected chi connectivity index (χ4v) is 4.88. The van der Waals surface area contributed by atoms with Crippen LogP contribution in [0.15, 0.2) is 85.5 Å². The Hall–Kier alpha value is -3.82. The van der Waals surface area contributed by atoms with Crippen LogP contribution in [0, 0.1) is 0 Å². The highest BCUT2D eigenvalue weighted by molar-refractivity contribution is 5.80. The highest BCUT2D eigenvalue weighted by atomic mass is 16.7. The normalized spacial score (nSPS) is 18.7. The number of nitrogens with zero attached hydrogens (tertiary/aromatic N) is 1. The van der Waals surface area contributed by atoms with E-state index in [-0.39, 0.29) is 37.6 Å². The highest BCUT2D eigenvalue weighted by Crippen LogP contribution is 2.38. The first-order chi connectivity index (χ1) is 19.8. The van der Waals surface area contributed by atoms with Gasteiger partial charge < -0.3 is 29.9 Å². The van der Waals surface area contributed by atoms with Gasteiger partial charge in [0.1, 0.15) is 0 Å². The quantitative estimate of drug-likeness (QED) is 0.254. The summed E-state index contributed by atoms with van der Waals surface area (Å²) in [5.41, 5.74) is 5.78. The Labute approximate surface area is 241 Å². The van der Waals surface area contributed by atoms with Crippen molar-refractivity contribution in [2.24, 2.45) is 0 Å². The maximum absolute atomic E-state index is 11.9. The summed E-state index contributed by atoms with van der Waals surface area (Å²) in [5, 5.41) is 21.0. The number of likely N-dealkylation sites (N-methyl/N-ethyl adjacent to an activating group) is 1. The predicted molar refractivity (Wildman–Crippen MR) is 157 cm³/mol. The van der Waals surface area contributed by atoms with Crippen molar-refractivity contribution >= 4 is 11.9 Å². The van der Waals surface area contributed by atoms with Gasteiger partial charge in [0.15, 0.2) is 6.29 Å². The standard InChI is InChI=1S/C33H38N2O6/c1-3-17-35(2)21-29-19-30(26-9-7-23(22-36)8-10-26)41-33(40-29)27-13-11-25(12-14-27)28-6-4-5-24(18-28)20-34-31(37)15-16-32(38)39/h3-14,18,29-30,33,36H,1,15-17,19-22H2,2H3,(H,34,37)(H,38,39)/t29-,30+,33+/m1/s1. The third-order valence-corrected chi connectivity index (χ3v) is 7.07. The molecule has 3 aromatic carbocycles. The number of carbonyl (C=O) groups is 2. The largest absolute Gasteiger partial charge is 0.481 e. The Morgan fingerprint density at radius 2 is 1.71 bits per heavy atom. The topological polar surface area (TPSA) is 108 Å². The number of ether oxygens (including phenoxy) is 2. The van der Waals surface area contributed by atoms with Gasteiger partial charge in [-0.2, -0.15) is 0 Å². The first-order valence-electron chi connectivity index (χ1n) is 13.8. The van der Waals surface area contributed by atoms with Crippen molar-refractivity contribution in [2.45, 2.75) is 50.9 Å². The minimum atomic E-state index is -0.989. The Bertz CT molecular complexity index is 1310. The SMILES string of the molecule is C=CCN(C)C[C@H]1C[C@@H](c2ccc(CO)cc2)O[C@@H](c2ccc(-c3cccc(CNC(=O)CCC(=O)O)c3)cc2)O1. The van der Waals surface area contributed by atoms with Crippen LogP contribution in [0.4, 0.5) is 0 Å². The second-order valence-electron chi connectivity index (χ2n) is 10.4. The monoisotopic (exact) mass is 558 g/mol. The van der Waals surface area contributed by atoms with E-state index in [1.165, 1.54) is 0 Å². The molecule has 8 heteroatoms. The number of aliphatic hydroxyl groups excluding tert-OH is 1. The number of nitrogens with one attached hydrogen (secondary N) is 1. The number of rotatable bonds is 13. The van der Waals surface area contributed by atoms with Crippen LogP contribution in [-0.4, -0.2) is 53.2 Å². The molecule has 0 saturated carbocycles. The molecular formula is C33H38N2O6. The molecule has 8 nitrogen and oxygen atoms in total. The molecule has 0 bridgehead atoms. The van der Waals surface area contributed by atoms with Crippen molar-refractivity contribution in [1.29, 1.82) is 0 Å². The molecule has 0 aromatic heterocycles. The van der Waals surface area contributed by atoms with Gasteiger partial charge in [-0.1, -0.05) is 72.8 Å². The zero-order valence-corrected chi connectivity index (χ0v) is 23.4. The Balaban J connectivity index is 1.46. The van der Waals surface area contributed by atoms with Crippen LogP contribution in [0.3, 0.4) is 0 Å². The second-order valence-corrected chi connectivity index (χ2v) is 10.4. The fraction of sp³-hybridized carbons (Fsp3) is 0.333. The molecule has 1 heterocycles. The molecule has 216 valence electrons. The number of hydrogen-bond acceptors (Lipinski definition) is 6. The number of benzene rings is 3. The molecule has 3 N–H and O–H groups in total. The Kier molecular flexibility index (Phi) is 10.8. The molecule has 1 fully saturated rings. The number of carboxylic acid groups (broad SMARTS) is 1. The van der Waals surface area contributed by atoms with Gasteiger partial charge in [-0.05, 0) is 40.9 Å². The molecule has 1 amide bonds. The van der Waals surface area contributed by atoms with Gasteiger partial charge in [-0.25, -0.2) is 0 Å². The third kappa shape index (κ3) is 8.83. The summed E-state index contributed by atoms with van der Waals surface area (Å²) >= 11 is 0. The summed E-state index contributed by atoms with van der Waals surface area (Å²) in [4.78, 5) is 24.8. The van der Waals surface area contributed by atoms with Crippen LogP contribution in [-0.2, 0) is 32.2 Å². The van der Waals surface area contributed by atoms with Crippen LogP contribution >= 0.6 is 0 Å². The molecule has 3 atom stereocenters. The smallest absolute Gasteiger partial charge is 0.303 e. The van der Waals surface area contributed by atoms with Crippen LogP contribution in [0.2, 0.25) is 0 Å². The molecule has 41 heavy (non-hydrogen) atoms. The van der Waals surface area contributed by atoms with Crippen molar-refractivity contribution < 1.29 is 29.3 Å². The van der Waals surface area contributed by atoms with Crippen LogP contribution in [0.25, 0.3) is 11.1 Å². The van der Waals surface area contributed by atoms with Crippen LogP contribution in [0.1, 0.15) is 53.9 Å². The van der Waals surface area contributed by atoms with Crippen molar-refractivity contribution in [3.05, 3.63) is 108 Å². The van der Waals surface area contributed by atoms with E-state index >= 15 is 0 Å². The van der Waals surface area contributed by atoms with Gasteiger partial charge in [-0.15, -0.1) is 6.58 Å². The average Bonchev–Trinajstić information content (AvgIpc) is 2.99. The first-order valence-corrected chi connectivity index (χ1v) is 13.8. The molecule has 0 spiro atoms. The fourth-order valence-electron chi connectivity index (χ4n) is 4.88. The number of hydrogen-bond donors (Lipinski definition) is 3. The number of amides is 1. The minimum Gasteiger partial charge on any atom is -0.481 e. The van der Waals surface area contributed by atoms with E-state index in [4.69, 9.17) is 14.6 Å². The number of aliphatic carboxylic acids is 1. The maximum atomic E-state index is 11.9. The summed E-state index contributed by atoms with van der Waals surface area (Å²) in [6.45, 7) is 5.68. The van der Waals surface area contributed by atoms with E-state index in [9.17, 15) is 14.7 Å². The lowest BCUT2D eigenvalue weighted by molar-refractivity contribution is -0.252. The summed E-state index contributed by atoms with van der Waals surface area (Å²) in [7, 11) is 2.05. The van der Waals surface area contributed by atoms with Gasteiger partial charge in [0.25, 0.3) is 0 Å². The number of aliphatic hydroxyl groups is 1. The van der Waals surface area contributed by atoms with Crippen molar-refractivity contribution in [3.8, 4) is 11.1 Å². The molecule has 0 radical (unpaired) electrons. The molecule has 4 rings (SSSR count). The maximum Gasteiger partial charge on any atom is 0.303 e. The van der Waals surface area contributed by atoms with Crippen molar-refractivity contribution in [1.82, 2.24) is 10.2 Å². The Morgan fingerprint density at radius 1 is 0.976 bits per heavy atom.